The number of carbonyl (C=O) groups excluding carboxylic acids is 1. The van der Waals surface area contributed by atoms with Gasteiger partial charge in [-0.1, -0.05) is 48.2 Å². The second-order valence-corrected chi connectivity index (χ2v) is 7.22. The Bertz CT molecular complexity index is 994. The van der Waals surface area contributed by atoms with Crippen LogP contribution in [0.2, 0.25) is 0 Å². The Labute approximate surface area is 179 Å². The van der Waals surface area contributed by atoms with Crippen LogP contribution in [0.1, 0.15) is 12.7 Å². The van der Waals surface area contributed by atoms with Crippen LogP contribution in [0.5, 0.6) is 5.75 Å². The molecule has 30 heavy (non-hydrogen) atoms. The minimum Gasteiger partial charge on any atom is -0.483 e. The molecule has 2 aromatic carbocycles. The third-order valence-corrected chi connectivity index (χ3v) is 5.26. The summed E-state index contributed by atoms with van der Waals surface area (Å²) in [6, 6.07) is 15.7. The Morgan fingerprint density at radius 1 is 1.20 bits per heavy atom. The van der Waals surface area contributed by atoms with E-state index in [4.69, 9.17) is 4.74 Å². The maximum atomic E-state index is 13.8. The molecule has 0 aliphatic heterocycles. The van der Waals surface area contributed by atoms with Crippen molar-refractivity contribution in [1.29, 1.82) is 0 Å². The number of rotatable bonds is 10. The molecule has 0 atom stereocenters. The first-order chi connectivity index (χ1) is 14.6. The van der Waals surface area contributed by atoms with Crippen molar-refractivity contribution >= 4 is 23.4 Å². The van der Waals surface area contributed by atoms with Crippen LogP contribution in [0.3, 0.4) is 0 Å². The third-order valence-electron chi connectivity index (χ3n) is 4.31. The monoisotopic (exact) mass is 426 g/mol. The predicted octanol–water partition coefficient (Wildman–Crippen LogP) is 4.33. The van der Waals surface area contributed by atoms with Crippen molar-refractivity contribution in [3.63, 3.8) is 0 Å². The summed E-state index contributed by atoms with van der Waals surface area (Å²) >= 11 is 1.30. The Kier molecular flexibility index (Phi) is 7.62. The summed E-state index contributed by atoms with van der Waals surface area (Å²) in [5, 5.41) is 8.92. The number of carbonyl (C=O) groups is 1. The molecule has 0 radical (unpaired) electrons. The van der Waals surface area contributed by atoms with Crippen molar-refractivity contribution in [1.82, 2.24) is 14.8 Å². The molecule has 0 aliphatic carbocycles. The molecule has 3 rings (SSSR count). The Morgan fingerprint density at radius 2 is 1.93 bits per heavy atom. The van der Waals surface area contributed by atoms with Crippen LogP contribution in [-0.4, -0.2) is 33.0 Å². The molecule has 0 bridgehead atoms. The average molecular weight is 427 g/mol. The first kappa shape index (κ1) is 21.6. The number of nitrogens with zero attached hydrogens (tertiary/aromatic N) is 4. The van der Waals surface area contributed by atoms with Crippen molar-refractivity contribution in [2.24, 2.45) is 0 Å². The van der Waals surface area contributed by atoms with Crippen LogP contribution >= 0.6 is 11.8 Å². The van der Waals surface area contributed by atoms with Crippen molar-refractivity contribution in [2.45, 2.75) is 25.2 Å². The molecule has 0 fully saturated rings. The van der Waals surface area contributed by atoms with E-state index >= 15 is 0 Å². The number of aromatic nitrogens is 3. The van der Waals surface area contributed by atoms with E-state index in [0.717, 1.165) is 5.69 Å². The molecular weight excluding hydrogens is 403 g/mol. The van der Waals surface area contributed by atoms with Crippen LogP contribution in [0.15, 0.2) is 72.4 Å². The van der Waals surface area contributed by atoms with E-state index in [1.165, 1.54) is 17.8 Å². The Hall–Kier alpha value is -3.13. The van der Waals surface area contributed by atoms with E-state index in [1.807, 2.05) is 41.8 Å². The molecular formula is C22H23FN4O2S. The normalized spacial score (nSPS) is 10.6. The minimum absolute atomic E-state index is 0.0222. The molecule has 0 aliphatic rings. The minimum atomic E-state index is -0.437. The van der Waals surface area contributed by atoms with Gasteiger partial charge in [0, 0.05) is 18.8 Å². The van der Waals surface area contributed by atoms with Gasteiger partial charge in [-0.2, -0.15) is 0 Å². The molecule has 3 aromatic rings. The van der Waals surface area contributed by atoms with Crippen molar-refractivity contribution < 1.29 is 13.9 Å². The zero-order valence-corrected chi connectivity index (χ0v) is 17.5. The molecule has 1 aromatic heterocycles. The molecule has 0 saturated carbocycles. The van der Waals surface area contributed by atoms with E-state index in [2.05, 4.69) is 16.8 Å². The number of hydrogen-bond acceptors (Lipinski definition) is 5. The average Bonchev–Trinajstić information content (AvgIpc) is 3.15. The van der Waals surface area contributed by atoms with E-state index in [0.29, 0.717) is 24.1 Å². The first-order valence-electron chi connectivity index (χ1n) is 9.52. The summed E-state index contributed by atoms with van der Waals surface area (Å²) in [6.45, 7) is 6.79. The van der Waals surface area contributed by atoms with Gasteiger partial charge >= 0.3 is 0 Å². The van der Waals surface area contributed by atoms with Crippen LogP contribution < -0.4 is 9.64 Å². The second-order valence-electron chi connectivity index (χ2n) is 6.28. The summed E-state index contributed by atoms with van der Waals surface area (Å²) in [7, 11) is 0. The summed E-state index contributed by atoms with van der Waals surface area (Å²) in [5.41, 5.74) is 0.858. The highest BCUT2D eigenvalue weighted by atomic mass is 32.2. The fourth-order valence-electron chi connectivity index (χ4n) is 2.86. The molecule has 0 N–H and O–H groups in total. The standard InChI is InChI=1S/C22H23FN4O2S/c1-3-14-27-20(15-29-19-13-9-8-12-18(19)23)24-25-22(27)30-16-21(28)26(4-2)17-10-6-5-7-11-17/h3,5-13H,1,4,14-16H2,2H3. The highest BCUT2D eigenvalue weighted by Crippen LogP contribution is 2.22. The maximum Gasteiger partial charge on any atom is 0.237 e. The van der Waals surface area contributed by atoms with Gasteiger partial charge in [0.2, 0.25) is 5.91 Å². The highest BCUT2D eigenvalue weighted by molar-refractivity contribution is 7.99. The molecule has 6 nitrogen and oxygen atoms in total. The van der Waals surface area contributed by atoms with Crippen LogP contribution in [0, 0.1) is 5.82 Å². The number of hydrogen-bond donors (Lipinski definition) is 0. The van der Waals surface area contributed by atoms with Crippen molar-refractivity contribution in [3.05, 3.63) is 78.9 Å². The van der Waals surface area contributed by atoms with Gasteiger partial charge in [-0.05, 0) is 31.2 Å². The van der Waals surface area contributed by atoms with Gasteiger partial charge < -0.3 is 9.64 Å². The third kappa shape index (κ3) is 5.27. The number of benzene rings is 2. The number of thioether (sulfide) groups is 1. The molecule has 0 saturated heterocycles. The lowest BCUT2D eigenvalue weighted by Crippen LogP contribution is -2.32. The number of anilines is 1. The smallest absolute Gasteiger partial charge is 0.237 e. The lowest BCUT2D eigenvalue weighted by Gasteiger charge is -2.20. The summed E-state index contributed by atoms with van der Waals surface area (Å²) in [4.78, 5) is 14.5. The SMILES string of the molecule is C=CCn1c(COc2ccccc2F)nnc1SCC(=O)N(CC)c1ccccc1. The topological polar surface area (TPSA) is 60.2 Å². The fourth-order valence-corrected chi connectivity index (χ4v) is 3.71. The quantitative estimate of drug-likeness (QED) is 0.357. The number of amides is 1. The number of halogens is 1. The van der Waals surface area contributed by atoms with Gasteiger partial charge in [-0.3, -0.25) is 9.36 Å². The van der Waals surface area contributed by atoms with Crippen molar-refractivity contribution in [3.8, 4) is 5.75 Å². The van der Waals surface area contributed by atoms with Gasteiger partial charge in [0.25, 0.3) is 0 Å². The number of ether oxygens (including phenoxy) is 1. The second kappa shape index (κ2) is 10.6. The number of allylic oxidation sites excluding steroid dienone is 1. The molecule has 8 heteroatoms. The van der Waals surface area contributed by atoms with Gasteiger partial charge in [0.1, 0.15) is 6.61 Å². The lowest BCUT2D eigenvalue weighted by atomic mass is 10.3. The van der Waals surface area contributed by atoms with Gasteiger partial charge in [0.05, 0.1) is 5.75 Å². The number of para-hydroxylation sites is 2. The lowest BCUT2D eigenvalue weighted by molar-refractivity contribution is -0.116. The highest BCUT2D eigenvalue weighted by Gasteiger charge is 2.18. The maximum absolute atomic E-state index is 13.8. The summed E-state index contributed by atoms with van der Waals surface area (Å²) in [5.74, 6) is 0.436. The van der Waals surface area contributed by atoms with E-state index in [9.17, 15) is 9.18 Å². The fraction of sp³-hybridized carbons (Fsp3) is 0.227. The van der Waals surface area contributed by atoms with Gasteiger partial charge in [0.15, 0.2) is 22.5 Å². The Morgan fingerprint density at radius 3 is 2.63 bits per heavy atom. The van der Waals surface area contributed by atoms with E-state index in [1.54, 1.807) is 29.2 Å². The van der Waals surface area contributed by atoms with Crippen LogP contribution in [0.25, 0.3) is 0 Å². The van der Waals surface area contributed by atoms with Crippen LogP contribution in [-0.2, 0) is 17.9 Å². The van der Waals surface area contributed by atoms with E-state index < -0.39 is 5.82 Å². The molecule has 0 spiro atoms. The molecule has 1 heterocycles. The molecule has 1 amide bonds. The summed E-state index contributed by atoms with van der Waals surface area (Å²) in [6.07, 6.45) is 1.71. The zero-order valence-electron chi connectivity index (χ0n) is 16.7. The molecule has 156 valence electrons. The molecule has 0 unspecified atom stereocenters. The zero-order chi connectivity index (χ0) is 21.3. The predicted molar refractivity (Wildman–Crippen MR) is 116 cm³/mol. The van der Waals surface area contributed by atoms with Gasteiger partial charge in [-0.15, -0.1) is 16.8 Å². The Balaban J connectivity index is 1.68. The van der Waals surface area contributed by atoms with Crippen molar-refractivity contribution in [2.75, 3.05) is 17.2 Å². The van der Waals surface area contributed by atoms with E-state index in [-0.39, 0.29) is 24.0 Å². The van der Waals surface area contributed by atoms with Crippen LogP contribution in [0.4, 0.5) is 10.1 Å². The van der Waals surface area contributed by atoms with Gasteiger partial charge in [-0.25, -0.2) is 4.39 Å². The largest absolute Gasteiger partial charge is 0.483 e. The summed E-state index contributed by atoms with van der Waals surface area (Å²) < 4.78 is 21.1. The first-order valence-corrected chi connectivity index (χ1v) is 10.5.